The molecule has 144 valence electrons. The number of amides is 2. The van der Waals surface area contributed by atoms with Crippen LogP contribution in [-0.4, -0.2) is 68.4 Å². The van der Waals surface area contributed by atoms with Crippen LogP contribution in [0.2, 0.25) is 0 Å². The SMILES string of the molecule is CC(C)(C)C(NC(=O)C(N)Cc1c[nH]cn1)C(=O)N1CCCC1B(O)O. The van der Waals surface area contributed by atoms with Crippen molar-refractivity contribution in [2.75, 3.05) is 6.54 Å². The van der Waals surface area contributed by atoms with E-state index in [1.165, 1.54) is 11.2 Å². The maximum atomic E-state index is 13.0. The molecular weight excluding hydrogens is 337 g/mol. The van der Waals surface area contributed by atoms with Crippen molar-refractivity contribution in [1.29, 1.82) is 0 Å². The molecule has 3 atom stereocenters. The zero-order valence-electron chi connectivity index (χ0n) is 15.5. The topological polar surface area (TPSA) is 145 Å². The molecule has 2 heterocycles. The quantitative estimate of drug-likeness (QED) is 0.401. The van der Waals surface area contributed by atoms with Gasteiger partial charge in [-0.25, -0.2) is 4.98 Å². The predicted molar refractivity (Wildman–Crippen MR) is 96.6 cm³/mol. The Morgan fingerprint density at radius 1 is 1.50 bits per heavy atom. The summed E-state index contributed by atoms with van der Waals surface area (Å²) >= 11 is 0. The second-order valence-corrected chi connectivity index (χ2v) is 7.83. The molecule has 2 amide bonds. The van der Waals surface area contributed by atoms with Crippen LogP contribution in [-0.2, 0) is 16.0 Å². The molecule has 0 bridgehead atoms. The van der Waals surface area contributed by atoms with Crippen LogP contribution in [0.25, 0.3) is 0 Å². The van der Waals surface area contributed by atoms with E-state index in [-0.39, 0.29) is 12.3 Å². The maximum Gasteiger partial charge on any atom is 0.475 e. The van der Waals surface area contributed by atoms with Gasteiger partial charge in [0.25, 0.3) is 0 Å². The molecule has 3 unspecified atom stereocenters. The highest BCUT2D eigenvalue weighted by molar-refractivity contribution is 6.43. The summed E-state index contributed by atoms with van der Waals surface area (Å²) in [7, 11) is -1.60. The van der Waals surface area contributed by atoms with Gasteiger partial charge in [-0.15, -0.1) is 0 Å². The van der Waals surface area contributed by atoms with Crippen molar-refractivity contribution in [3.8, 4) is 0 Å². The Hall–Kier alpha value is -1.91. The maximum absolute atomic E-state index is 13.0. The molecule has 0 aromatic carbocycles. The Bertz CT molecular complexity index is 617. The Kier molecular flexibility index (Phi) is 6.43. The van der Waals surface area contributed by atoms with Crippen molar-refractivity contribution >= 4 is 18.9 Å². The Morgan fingerprint density at radius 3 is 2.73 bits per heavy atom. The minimum atomic E-state index is -1.60. The third kappa shape index (κ3) is 4.83. The van der Waals surface area contributed by atoms with Gasteiger partial charge in [-0.3, -0.25) is 9.59 Å². The number of aromatic amines is 1. The summed E-state index contributed by atoms with van der Waals surface area (Å²) in [6.07, 6.45) is 4.64. The standard InChI is InChI=1S/C16H28BN5O4/c1-16(2,3)13(15(24)22-6-4-5-12(22)17(25)26)21-14(23)11(18)7-10-8-19-9-20-10/h8-9,11-13,25-26H,4-7,18H2,1-3H3,(H,19,20)(H,21,23). The minimum absolute atomic E-state index is 0.252. The van der Waals surface area contributed by atoms with Crippen LogP contribution in [0.1, 0.15) is 39.3 Å². The van der Waals surface area contributed by atoms with Crippen LogP contribution in [0.4, 0.5) is 0 Å². The van der Waals surface area contributed by atoms with Gasteiger partial charge in [-0.05, 0) is 18.3 Å². The lowest BCUT2D eigenvalue weighted by atomic mass is 9.77. The summed E-state index contributed by atoms with van der Waals surface area (Å²) in [4.78, 5) is 33.8. The van der Waals surface area contributed by atoms with Crippen LogP contribution >= 0.6 is 0 Å². The molecule has 1 aromatic rings. The molecule has 0 radical (unpaired) electrons. The van der Waals surface area contributed by atoms with Crippen molar-refractivity contribution in [2.45, 2.75) is 58.1 Å². The van der Waals surface area contributed by atoms with Crippen LogP contribution in [0.15, 0.2) is 12.5 Å². The molecule has 9 nitrogen and oxygen atoms in total. The lowest BCUT2D eigenvalue weighted by Crippen LogP contribution is -2.60. The van der Waals surface area contributed by atoms with E-state index >= 15 is 0 Å². The number of carbonyl (C=O) groups is 2. The first-order valence-corrected chi connectivity index (χ1v) is 8.81. The molecule has 1 saturated heterocycles. The average molecular weight is 365 g/mol. The van der Waals surface area contributed by atoms with Gasteiger partial charge in [-0.2, -0.15) is 0 Å². The van der Waals surface area contributed by atoms with Gasteiger partial charge in [0.1, 0.15) is 6.04 Å². The van der Waals surface area contributed by atoms with E-state index in [4.69, 9.17) is 5.73 Å². The highest BCUT2D eigenvalue weighted by atomic mass is 16.4. The van der Waals surface area contributed by atoms with Crippen molar-refractivity contribution in [3.63, 3.8) is 0 Å². The number of aromatic nitrogens is 2. The summed E-state index contributed by atoms with van der Waals surface area (Å²) < 4.78 is 0. The number of nitrogens with two attached hydrogens (primary N) is 1. The van der Waals surface area contributed by atoms with Crippen molar-refractivity contribution in [1.82, 2.24) is 20.2 Å². The number of carbonyl (C=O) groups excluding carboxylic acids is 2. The summed E-state index contributed by atoms with van der Waals surface area (Å²) in [5, 5.41) is 21.8. The summed E-state index contributed by atoms with van der Waals surface area (Å²) in [6, 6.07) is -1.66. The van der Waals surface area contributed by atoms with Crippen LogP contribution < -0.4 is 11.1 Å². The number of rotatable bonds is 6. The number of imidazole rings is 1. The molecule has 26 heavy (non-hydrogen) atoms. The third-order valence-electron chi connectivity index (χ3n) is 4.65. The Labute approximate surface area is 153 Å². The summed E-state index contributed by atoms with van der Waals surface area (Å²) in [5.41, 5.74) is 6.06. The number of hydrogen-bond donors (Lipinski definition) is 5. The van der Waals surface area contributed by atoms with Crippen LogP contribution in [0.3, 0.4) is 0 Å². The molecule has 6 N–H and O–H groups in total. The third-order valence-corrected chi connectivity index (χ3v) is 4.65. The van der Waals surface area contributed by atoms with Gasteiger partial charge in [0.2, 0.25) is 11.8 Å². The van der Waals surface area contributed by atoms with E-state index in [0.29, 0.717) is 25.1 Å². The zero-order valence-corrected chi connectivity index (χ0v) is 15.5. The van der Waals surface area contributed by atoms with Gasteiger partial charge < -0.3 is 31.0 Å². The first-order valence-electron chi connectivity index (χ1n) is 8.81. The number of nitrogens with zero attached hydrogens (tertiary/aromatic N) is 2. The van der Waals surface area contributed by atoms with E-state index < -0.39 is 36.5 Å². The minimum Gasteiger partial charge on any atom is -0.426 e. The Balaban J connectivity index is 2.09. The van der Waals surface area contributed by atoms with Crippen molar-refractivity contribution in [2.24, 2.45) is 11.1 Å². The molecule has 0 aliphatic carbocycles. The molecule has 1 aliphatic heterocycles. The Morgan fingerprint density at radius 2 is 2.19 bits per heavy atom. The molecule has 1 aliphatic rings. The van der Waals surface area contributed by atoms with Crippen LogP contribution in [0.5, 0.6) is 0 Å². The number of hydrogen-bond acceptors (Lipinski definition) is 6. The fourth-order valence-corrected chi connectivity index (χ4v) is 3.16. The van der Waals surface area contributed by atoms with E-state index in [2.05, 4.69) is 15.3 Å². The van der Waals surface area contributed by atoms with Gasteiger partial charge in [0.15, 0.2) is 0 Å². The number of H-pyrrole nitrogens is 1. The van der Waals surface area contributed by atoms with Gasteiger partial charge in [0.05, 0.1) is 24.0 Å². The van der Waals surface area contributed by atoms with Gasteiger partial charge in [0, 0.05) is 19.2 Å². The summed E-state index contributed by atoms with van der Waals surface area (Å²) in [6.45, 7) is 5.96. The summed E-state index contributed by atoms with van der Waals surface area (Å²) in [5.74, 6) is -1.42. The molecule has 2 rings (SSSR count). The molecule has 1 fully saturated rings. The number of likely N-dealkylation sites (tertiary alicyclic amines) is 1. The lowest BCUT2D eigenvalue weighted by molar-refractivity contribution is -0.139. The fraction of sp³-hybridized carbons (Fsp3) is 0.688. The average Bonchev–Trinajstić information content (AvgIpc) is 3.21. The molecule has 0 saturated carbocycles. The molecule has 1 aromatic heterocycles. The first kappa shape index (κ1) is 20.4. The highest BCUT2D eigenvalue weighted by Crippen LogP contribution is 2.26. The second-order valence-electron chi connectivity index (χ2n) is 7.83. The van der Waals surface area contributed by atoms with E-state index in [1.54, 1.807) is 6.20 Å². The van der Waals surface area contributed by atoms with Gasteiger partial charge >= 0.3 is 7.12 Å². The highest BCUT2D eigenvalue weighted by Gasteiger charge is 2.43. The normalized spacial score (nSPS) is 19.9. The van der Waals surface area contributed by atoms with Crippen LogP contribution in [0, 0.1) is 5.41 Å². The lowest BCUT2D eigenvalue weighted by Gasteiger charge is -2.36. The van der Waals surface area contributed by atoms with Crippen molar-refractivity contribution < 1.29 is 19.6 Å². The van der Waals surface area contributed by atoms with E-state index in [0.717, 1.165) is 0 Å². The molecule has 10 heteroatoms. The largest absolute Gasteiger partial charge is 0.475 e. The fourth-order valence-electron chi connectivity index (χ4n) is 3.16. The van der Waals surface area contributed by atoms with Gasteiger partial charge in [-0.1, -0.05) is 20.8 Å². The molecular formula is C16H28BN5O4. The van der Waals surface area contributed by atoms with Crippen molar-refractivity contribution in [3.05, 3.63) is 18.2 Å². The number of nitrogens with one attached hydrogen (secondary N) is 2. The smallest absolute Gasteiger partial charge is 0.426 e. The van der Waals surface area contributed by atoms with E-state index in [9.17, 15) is 19.6 Å². The zero-order chi connectivity index (χ0) is 19.5. The van der Waals surface area contributed by atoms with E-state index in [1.807, 2.05) is 20.8 Å². The molecule has 0 spiro atoms. The second kappa shape index (κ2) is 8.19. The first-order chi connectivity index (χ1) is 12.1. The predicted octanol–water partition coefficient (Wildman–Crippen LogP) is -1.19. The monoisotopic (exact) mass is 365 g/mol.